The molecule has 0 aliphatic carbocycles. The van der Waals surface area contributed by atoms with E-state index in [0.717, 1.165) is 5.56 Å². The molecule has 3 rings (SSSR count). The monoisotopic (exact) mass is 437 g/mol. The van der Waals surface area contributed by atoms with Gasteiger partial charge in [0, 0.05) is 30.9 Å². The van der Waals surface area contributed by atoms with E-state index in [-0.39, 0.29) is 16.4 Å². The highest BCUT2D eigenvalue weighted by molar-refractivity contribution is 7.92. The van der Waals surface area contributed by atoms with Gasteiger partial charge in [-0.1, -0.05) is 24.3 Å². The van der Waals surface area contributed by atoms with E-state index >= 15 is 0 Å². The zero-order valence-electron chi connectivity index (χ0n) is 17.4. The number of hydrogen-bond acceptors (Lipinski definition) is 4. The van der Waals surface area contributed by atoms with Crippen LogP contribution >= 0.6 is 0 Å². The van der Waals surface area contributed by atoms with E-state index in [1.807, 2.05) is 13.0 Å². The van der Waals surface area contributed by atoms with E-state index in [1.165, 1.54) is 36.5 Å². The van der Waals surface area contributed by atoms with Crippen molar-refractivity contribution in [3.63, 3.8) is 0 Å². The molecule has 0 heterocycles. The molecule has 2 N–H and O–H groups in total. The van der Waals surface area contributed by atoms with Crippen molar-refractivity contribution in [2.24, 2.45) is 0 Å². The van der Waals surface area contributed by atoms with Gasteiger partial charge in [0.25, 0.3) is 15.9 Å². The highest BCUT2D eigenvalue weighted by atomic mass is 32.2. The zero-order chi connectivity index (χ0) is 22.6. The summed E-state index contributed by atoms with van der Waals surface area (Å²) in [6.07, 6.45) is 0. The smallest absolute Gasteiger partial charge is 0.264 e. The average Bonchev–Trinajstić information content (AvgIpc) is 2.73. The Labute approximate surface area is 181 Å². The summed E-state index contributed by atoms with van der Waals surface area (Å²) in [7, 11) is -2.38. The second-order valence-corrected chi connectivity index (χ2v) is 9.02. The van der Waals surface area contributed by atoms with Crippen molar-refractivity contribution in [1.82, 2.24) is 0 Å². The molecular weight excluding hydrogens is 414 g/mol. The van der Waals surface area contributed by atoms with Crippen molar-refractivity contribution in [3.8, 4) is 0 Å². The maximum absolute atomic E-state index is 13.1. The Morgan fingerprint density at radius 2 is 1.48 bits per heavy atom. The number of carbonyl (C=O) groups excluding carboxylic acids is 2. The Hall–Kier alpha value is -3.65. The molecule has 3 aromatic carbocycles. The fourth-order valence-electron chi connectivity index (χ4n) is 3.00. The van der Waals surface area contributed by atoms with Crippen LogP contribution in [0.25, 0.3) is 0 Å². The molecule has 0 fully saturated rings. The van der Waals surface area contributed by atoms with Crippen molar-refractivity contribution in [1.29, 1.82) is 0 Å². The van der Waals surface area contributed by atoms with Gasteiger partial charge in [-0.3, -0.25) is 13.9 Å². The number of amides is 2. The van der Waals surface area contributed by atoms with E-state index < -0.39 is 15.9 Å². The molecule has 0 saturated carbocycles. The minimum Gasteiger partial charge on any atom is -0.326 e. The number of aryl methyl sites for hydroxylation is 1. The fourth-order valence-corrected chi connectivity index (χ4v) is 4.23. The van der Waals surface area contributed by atoms with Crippen molar-refractivity contribution in [3.05, 3.63) is 83.9 Å². The predicted molar refractivity (Wildman–Crippen MR) is 122 cm³/mol. The molecule has 0 aliphatic rings. The Kier molecular flexibility index (Phi) is 6.41. The molecule has 0 radical (unpaired) electrons. The molecule has 160 valence electrons. The van der Waals surface area contributed by atoms with Crippen molar-refractivity contribution in [2.75, 3.05) is 22.0 Å². The summed E-state index contributed by atoms with van der Waals surface area (Å²) >= 11 is 0. The van der Waals surface area contributed by atoms with Gasteiger partial charge in [-0.2, -0.15) is 0 Å². The topological polar surface area (TPSA) is 95.6 Å². The summed E-state index contributed by atoms with van der Waals surface area (Å²) in [4.78, 5) is 23.9. The predicted octanol–water partition coefficient (Wildman–Crippen LogP) is 4.03. The van der Waals surface area contributed by atoms with Crippen LogP contribution in [0, 0.1) is 6.92 Å². The van der Waals surface area contributed by atoms with E-state index in [1.54, 1.807) is 48.5 Å². The van der Waals surface area contributed by atoms with Crippen LogP contribution < -0.4 is 14.9 Å². The molecule has 2 amide bonds. The van der Waals surface area contributed by atoms with Crippen LogP contribution in [0.1, 0.15) is 22.8 Å². The van der Waals surface area contributed by atoms with Gasteiger partial charge in [0.1, 0.15) is 0 Å². The van der Waals surface area contributed by atoms with Crippen molar-refractivity contribution < 1.29 is 18.0 Å². The lowest BCUT2D eigenvalue weighted by atomic mass is 10.2. The van der Waals surface area contributed by atoms with Gasteiger partial charge in [0.15, 0.2) is 0 Å². The van der Waals surface area contributed by atoms with Crippen LogP contribution in [0.15, 0.2) is 77.7 Å². The maximum atomic E-state index is 13.1. The van der Waals surface area contributed by atoms with Crippen LogP contribution in [0.5, 0.6) is 0 Å². The first-order valence-electron chi connectivity index (χ1n) is 9.51. The summed E-state index contributed by atoms with van der Waals surface area (Å²) in [5, 5.41) is 5.36. The molecule has 7 nitrogen and oxygen atoms in total. The number of nitrogens with one attached hydrogen (secondary N) is 2. The first-order valence-corrected chi connectivity index (χ1v) is 11.0. The highest BCUT2D eigenvalue weighted by Crippen LogP contribution is 2.24. The fraction of sp³-hybridized carbons (Fsp3) is 0.130. The van der Waals surface area contributed by atoms with Gasteiger partial charge < -0.3 is 10.6 Å². The number of carbonyl (C=O) groups is 2. The summed E-state index contributed by atoms with van der Waals surface area (Å²) in [6.45, 7) is 3.28. The van der Waals surface area contributed by atoms with Crippen LogP contribution in [0.4, 0.5) is 17.1 Å². The number of benzene rings is 3. The Bertz CT molecular complexity index is 1240. The average molecular weight is 438 g/mol. The minimum atomic E-state index is -3.85. The van der Waals surface area contributed by atoms with Crippen LogP contribution in [-0.4, -0.2) is 27.3 Å². The first-order chi connectivity index (χ1) is 14.7. The number of sulfonamides is 1. The summed E-state index contributed by atoms with van der Waals surface area (Å²) < 4.78 is 27.3. The number of nitrogens with zero attached hydrogens (tertiary/aromatic N) is 1. The van der Waals surface area contributed by atoms with Gasteiger partial charge in [0.05, 0.1) is 10.6 Å². The standard InChI is InChI=1S/C23H23N3O4S/c1-16-7-4-11-21(13-16)26(3)31(29,30)22-12-5-8-18(14-22)23(28)25-20-10-6-9-19(15-20)24-17(2)27/h4-15H,1-3H3,(H,24,27)(H,25,28). The molecule has 0 atom stereocenters. The van der Waals surface area contributed by atoms with Crippen LogP contribution in [0.2, 0.25) is 0 Å². The number of anilines is 3. The molecule has 31 heavy (non-hydrogen) atoms. The maximum Gasteiger partial charge on any atom is 0.264 e. The lowest BCUT2D eigenvalue weighted by molar-refractivity contribution is -0.114. The third-order valence-corrected chi connectivity index (χ3v) is 6.34. The van der Waals surface area contributed by atoms with E-state index in [2.05, 4.69) is 10.6 Å². The minimum absolute atomic E-state index is 0.0103. The van der Waals surface area contributed by atoms with E-state index in [0.29, 0.717) is 17.1 Å². The van der Waals surface area contributed by atoms with Crippen LogP contribution in [0.3, 0.4) is 0 Å². The summed E-state index contributed by atoms with van der Waals surface area (Å²) in [6, 6.07) is 19.7. The quantitative estimate of drug-likeness (QED) is 0.609. The Morgan fingerprint density at radius 1 is 0.839 bits per heavy atom. The Morgan fingerprint density at radius 3 is 2.16 bits per heavy atom. The summed E-state index contributed by atoms with van der Waals surface area (Å²) in [5.74, 6) is -0.686. The third kappa shape index (κ3) is 5.29. The lowest BCUT2D eigenvalue weighted by Crippen LogP contribution is -2.27. The van der Waals surface area contributed by atoms with Gasteiger partial charge in [-0.05, 0) is 61.0 Å². The largest absolute Gasteiger partial charge is 0.326 e. The zero-order valence-corrected chi connectivity index (χ0v) is 18.2. The highest BCUT2D eigenvalue weighted by Gasteiger charge is 2.22. The van der Waals surface area contributed by atoms with Gasteiger partial charge in [-0.15, -0.1) is 0 Å². The number of rotatable bonds is 6. The van der Waals surface area contributed by atoms with Crippen molar-refractivity contribution >= 4 is 38.9 Å². The second kappa shape index (κ2) is 9.01. The molecule has 0 aliphatic heterocycles. The molecule has 0 saturated heterocycles. The van der Waals surface area contributed by atoms with Gasteiger partial charge in [0.2, 0.25) is 5.91 Å². The van der Waals surface area contributed by atoms with Gasteiger partial charge >= 0.3 is 0 Å². The Balaban J connectivity index is 1.84. The van der Waals surface area contributed by atoms with Gasteiger partial charge in [-0.25, -0.2) is 8.42 Å². The van der Waals surface area contributed by atoms with Crippen molar-refractivity contribution in [2.45, 2.75) is 18.7 Å². The third-order valence-electron chi connectivity index (χ3n) is 4.56. The van der Waals surface area contributed by atoms with E-state index in [9.17, 15) is 18.0 Å². The molecule has 0 bridgehead atoms. The molecule has 0 unspecified atom stereocenters. The van der Waals surface area contributed by atoms with E-state index in [4.69, 9.17) is 0 Å². The molecular formula is C23H23N3O4S. The number of hydrogen-bond donors (Lipinski definition) is 2. The molecule has 0 spiro atoms. The molecule has 8 heteroatoms. The normalized spacial score (nSPS) is 10.9. The SMILES string of the molecule is CC(=O)Nc1cccc(NC(=O)c2cccc(S(=O)(=O)N(C)c3cccc(C)c3)c2)c1. The van der Waals surface area contributed by atoms with Crippen LogP contribution in [-0.2, 0) is 14.8 Å². The molecule has 3 aromatic rings. The summed E-state index contributed by atoms with van der Waals surface area (Å²) in [5.41, 5.74) is 2.69. The first kappa shape index (κ1) is 22.0. The second-order valence-electron chi connectivity index (χ2n) is 7.06. The lowest BCUT2D eigenvalue weighted by Gasteiger charge is -2.20. The molecule has 0 aromatic heterocycles.